The Hall–Kier alpha value is -3.23. The molecular formula is C26H29N3O4S. The van der Waals surface area contributed by atoms with Crippen LogP contribution in [0.5, 0.6) is 5.75 Å². The number of anilines is 2. The zero-order valence-electron chi connectivity index (χ0n) is 19.8. The molecule has 1 aliphatic rings. The van der Waals surface area contributed by atoms with Crippen LogP contribution in [0.1, 0.15) is 37.3 Å². The van der Waals surface area contributed by atoms with E-state index in [0.29, 0.717) is 29.6 Å². The molecule has 1 aromatic heterocycles. The van der Waals surface area contributed by atoms with Crippen molar-refractivity contribution in [3.05, 3.63) is 58.4 Å². The summed E-state index contributed by atoms with van der Waals surface area (Å²) in [5.74, 6) is 0.456. The van der Waals surface area contributed by atoms with Crippen molar-refractivity contribution in [2.45, 2.75) is 39.2 Å². The smallest absolute Gasteiger partial charge is 0.268 e. The van der Waals surface area contributed by atoms with E-state index in [4.69, 9.17) is 9.47 Å². The highest BCUT2D eigenvalue weighted by Crippen LogP contribution is 2.37. The van der Waals surface area contributed by atoms with Crippen molar-refractivity contribution < 1.29 is 19.1 Å². The molecule has 0 aliphatic carbocycles. The van der Waals surface area contributed by atoms with E-state index in [0.717, 1.165) is 22.7 Å². The maximum absolute atomic E-state index is 13.0. The van der Waals surface area contributed by atoms with Crippen molar-refractivity contribution in [3.8, 4) is 17.0 Å². The Bertz CT molecular complexity index is 1170. The average Bonchev–Trinajstić information content (AvgIpc) is 3.30. The van der Waals surface area contributed by atoms with Crippen molar-refractivity contribution in [2.24, 2.45) is 0 Å². The van der Waals surface area contributed by atoms with Gasteiger partial charge in [-0.15, -0.1) is 11.3 Å². The third-order valence-electron chi connectivity index (χ3n) is 5.70. The number of hydrogen-bond donors (Lipinski definition) is 1. The Labute approximate surface area is 203 Å². The van der Waals surface area contributed by atoms with Gasteiger partial charge in [0.25, 0.3) is 5.91 Å². The van der Waals surface area contributed by atoms with Crippen LogP contribution < -0.4 is 15.0 Å². The molecule has 178 valence electrons. The molecule has 34 heavy (non-hydrogen) atoms. The Morgan fingerprint density at radius 3 is 2.71 bits per heavy atom. The van der Waals surface area contributed by atoms with E-state index in [1.54, 1.807) is 25.4 Å². The number of rotatable bonds is 8. The predicted molar refractivity (Wildman–Crippen MR) is 135 cm³/mol. The lowest BCUT2D eigenvalue weighted by Gasteiger charge is -2.32. The monoisotopic (exact) mass is 479 g/mol. The first-order valence-electron chi connectivity index (χ1n) is 11.3. The molecule has 1 atom stereocenters. The zero-order valence-corrected chi connectivity index (χ0v) is 20.6. The van der Waals surface area contributed by atoms with Crippen molar-refractivity contribution in [1.82, 2.24) is 4.98 Å². The summed E-state index contributed by atoms with van der Waals surface area (Å²) >= 11 is 1.57. The summed E-state index contributed by atoms with van der Waals surface area (Å²) in [6, 6.07) is 13.4. The topological polar surface area (TPSA) is 80.8 Å². The summed E-state index contributed by atoms with van der Waals surface area (Å²) in [6.07, 6.45) is 0.0757. The van der Waals surface area contributed by atoms with Crippen molar-refractivity contribution in [1.29, 1.82) is 0 Å². The molecule has 0 saturated carbocycles. The molecule has 2 amide bonds. The van der Waals surface area contributed by atoms with Gasteiger partial charge in [-0.25, -0.2) is 4.98 Å². The number of fused-ring (bicyclic) bond motifs is 1. The third-order valence-corrected chi connectivity index (χ3v) is 6.61. The molecule has 1 unspecified atom stereocenters. The van der Waals surface area contributed by atoms with Crippen LogP contribution in [0.15, 0.2) is 47.8 Å². The number of hydrogen-bond acceptors (Lipinski definition) is 6. The van der Waals surface area contributed by atoms with Crippen LogP contribution in [0.4, 0.5) is 11.4 Å². The maximum Gasteiger partial charge on any atom is 0.268 e. The number of methoxy groups -OCH3 is 1. The van der Waals surface area contributed by atoms with Gasteiger partial charge in [0.15, 0.2) is 6.10 Å². The largest absolute Gasteiger partial charge is 0.479 e. The highest BCUT2D eigenvalue weighted by atomic mass is 32.1. The highest BCUT2D eigenvalue weighted by Gasteiger charge is 2.33. The lowest BCUT2D eigenvalue weighted by atomic mass is 10.0. The first kappa shape index (κ1) is 23.9. The molecule has 3 aromatic rings. The van der Waals surface area contributed by atoms with Gasteiger partial charge >= 0.3 is 0 Å². The number of ether oxygens (including phenoxy) is 2. The Morgan fingerprint density at radius 2 is 2.00 bits per heavy atom. The summed E-state index contributed by atoms with van der Waals surface area (Å²) in [4.78, 5) is 32.0. The fraction of sp³-hybridized carbons (Fsp3) is 0.346. The third kappa shape index (κ3) is 5.29. The highest BCUT2D eigenvalue weighted by molar-refractivity contribution is 7.09. The van der Waals surface area contributed by atoms with Gasteiger partial charge in [0, 0.05) is 30.2 Å². The predicted octanol–water partition coefficient (Wildman–Crippen LogP) is 4.88. The molecule has 0 saturated heterocycles. The van der Waals surface area contributed by atoms with E-state index in [9.17, 15) is 9.59 Å². The van der Waals surface area contributed by atoms with Crippen molar-refractivity contribution >= 4 is 34.5 Å². The summed E-state index contributed by atoms with van der Waals surface area (Å²) in [7, 11) is 1.67. The fourth-order valence-electron chi connectivity index (χ4n) is 3.77. The van der Waals surface area contributed by atoms with Crippen LogP contribution in [0, 0.1) is 0 Å². The molecule has 0 bridgehead atoms. The molecule has 1 N–H and O–H groups in total. The number of carbonyl (C=O) groups is 2. The molecule has 2 heterocycles. The van der Waals surface area contributed by atoms with Crippen molar-refractivity contribution in [3.63, 3.8) is 0 Å². The van der Waals surface area contributed by atoms with Gasteiger partial charge in [-0.1, -0.05) is 26.0 Å². The van der Waals surface area contributed by atoms with Gasteiger partial charge in [-0.3, -0.25) is 14.5 Å². The minimum atomic E-state index is -0.670. The number of nitrogens with one attached hydrogen (secondary N) is 1. The zero-order chi connectivity index (χ0) is 24.2. The summed E-state index contributed by atoms with van der Waals surface area (Å²) in [5.41, 5.74) is 4.14. The normalized spacial score (nSPS) is 15.3. The standard InChI is InChI=1S/C26H29N3O4S/c1-16(2)18-5-8-20(9-6-18)27-24(30)14-29-22-13-19(7-10-23(22)33-17(3)26(29)31)21-15-34-25(28-21)11-12-32-4/h5-10,13,15-17H,11-12,14H2,1-4H3,(H,27,30). The number of benzene rings is 2. The van der Waals surface area contributed by atoms with Gasteiger partial charge in [0.1, 0.15) is 12.3 Å². The summed E-state index contributed by atoms with van der Waals surface area (Å²) < 4.78 is 10.9. The van der Waals surface area contributed by atoms with E-state index in [1.165, 1.54) is 10.5 Å². The van der Waals surface area contributed by atoms with E-state index < -0.39 is 6.10 Å². The lowest BCUT2D eigenvalue weighted by molar-refractivity contribution is -0.127. The molecule has 1 aliphatic heterocycles. The lowest BCUT2D eigenvalue weighted by Crippen LogP contribution is -2.47. The number of aromatic nitrogens is 1. The molecule has 0 spiro atoms. The van der Waals surface area contributed by atoms with E-state index in [2.05, 4.69) is 24.1 Å². The minimum absolute atomic E-state index is 0.106. The van der Waals surface area contributed by atoms with Gasteiger partial charge in [-0.05, 0) is 48.7 Å². The number of nitrogens with zero attached hydrogens (tertiary/aromatic N) is 2. The second kappa shape index (κ2) is 10.4. The summed E-state index contributed by atoms with van der Waals surface area (Å²) in [6.45, 7) is 6.44. The molecule has 7 nitrogen and oxygen atoms in total. The number of thiazole rings is 1. The van der Waals surface area contributed by atoms with E-state index in [-0.39, 0.29) is 18.4 Å². The minimum Gasteiger partial charge on any atom is -0.479 e. The van der Waals surface area contributed by atoms with Gasteiger partial charge in [-0.2, -0.15) is 0 Å². The van der Waals surface area contributed by atoms with Crippen LogP contribution in [-0.2, 0) is 20.7 Å². The Morgan fingerprint density at radius 1 is 1.24 bits per heavy atom. The molecule has 0 radical (unpaired) electrons. The van der Waals surface area contributed by atoms with Crippen LogP contribution in [0.3, 0.4) is 0 Å². The van der Waals surface area contributed by atoms with Crippen LogP contribution >= 0.6 is 11.3 Å². The van der Waals surface area contributed by atoms with E-state index in [1.807, 2.05) is 47.8 Å². The quantitative estimate of drug-likeness (QED) is 0.498. The first-order chi connectivity index (χ1) is 16.4. The van der Waals surface area contributed by atoms with Crippen LogP contribution in [0.2, 0.25) is 0 Å². The second-order valence-electron chi connectivity index (χ2n) is 8.56. The number of carbonyl (C=O) groups excluding carboxylic acids is 2. The second-order valence-corrected chi connectivity index (χ2v) is 9.50. The van der Waals surface area contributed by atoms with Crippen LogP contribution in [-0.4, -0.2) is 43.2 Å². The van der Waals surface area contributed by atoms with Crippen LogP contribution in [0.25, 0.3) is 11.3 Å². The fourth-order valence-corrected chi connectivity index (χ4v) is 4.56. The molecular weight excluding hydrogens is 450 g/mol. The maximum atomic E-state index is 13.0. The molecule has 0 fully saturated rings. The van der Waals surface area contributed by atoms with Crippen molar-refractivity contribution in [2.75, 3.05) is 30.5 Å². The molecule has 8 heteroatoms. The average molecular weight is 480 g/mol. The van der Waals surface area contributed by atoms with Gasteiger partial charge < -0.3 is 14.8 Å². The van der Waals surface area contributed by atoms with E-state index >= 15 is 0 Å². The number of amides is 2. The SMILES string of the molecule is COCCc1nc(-c2ccc3c(c2)N(CC(=O)Nc2ccc(C(C)C)cc2)C(=O)C(C)O3)cs1. The Kier molecular flexibility index (Phi) is 7.29. The molecule has 4 rings (SSSR count). The summed E-state index contributed by atoms with van der Waals surface area (Å²) in [5, 5.41) is 5.86. The Balaban J connectivity index is 1.54. The molecule has 2 aromatic carbocycles. The first-order valence-corrected chi connectivity index (χ1v) is 12.2. The van der Waals surface area contributed by atoms with Gasteiger partial charge in [0.2, 0.25) is 5.91 Å². The van der Waals surface area contributed by atoms with Gasteiger partial charge in [0.05, 0.1) is 23.0 Å².